The van der Waals surface area contributed by atoms with E-state index in [1.165, 1.54) is 5.06 Å². The van der Waals surface area contributed by atoms with Gasteiger partial charge in [0.15, 0.2) is 0 Å². The van der Waals surface area contributed by atoms with Crippen LogP contribution in [0.3, 0.4) is 0 Å². The van der Waals surface area contributed by atoms with Gasteiger partial charge in [-0.25, -0.2) is 0 Å². The van der Waals surface area contributed by atoms with Crippen molar-refractivity contribution in [1.29, 1.82) is 0 Å². The normalized spacial score (nSPS) is 16.5. The summed E-state index contributed by atoms with van der Waals surface area (Å²) in [7, 11) is 0. The monoisotopic (exact) mass is 173 g/mol. The highest BCUT2D eigenvalue weighted by molar-refractivity contribution is 4.67. The quantitative estimate of drug-likeness (QED) is 0.624. The summed E-state index contributed by atoms with van der Waals surface area (Å²) in [5.74, 6) is 0. The smallest absolute Gasteiger partial charge is 0.0350 e. The zero-order valence-electron chi connectivity index (χ0n) is 8.88. The Hall–Kier alpha value is -0.0800. The minimum Gasteiger partial charge on any atom is -0.313 e. The third-order valence-corrected chi connectivity index (χ3v) is 2.51. The van der Waals surface area contributed by atoms with Gasteiger partial charge in [0.1, 0.15) is 0 Å². The fourth-order valence-electron chi connectivity index (χ4n) is 1.40. The van der Waals surface area contributed by atoms with Gasteiger partial charge < -0.3 is 5.21 Å². The Labute approximate surface area is 76.5 Å². The molecule has 0 amide bonds. The van der Waals surface area contributed by atoms with Crippen LogP contribution in [0.2, 0.25) is 0 Å². The Bertz CT molecular complexity index is 106. The first-order valence-corrected chi connectivity index (χ1v) is 5.14. The average molecular weight is 173 g/mol. The fourth-order valence-corrected chi connectivity index (χ4v) is 1.40. The van der Waals surface area contributed by atoms with E-state index < -0.39 is 0 Å². The van der Waals surface area contributed by atoms with E-state index in [2.05, 4.69) is 27.7 Å². The molecule has 0 aliphatic carbocycles. The second-order valence-corrected chi connectivity index (χ2v) is 3.49. The van der Waals surface area contributed by atoms with Gasteiger partial charge in [0.05, 0.1) is 0 Å². The van der Waals surface area contributed by atoms with E-state index in [4.69, 9.17) is 0 Å². The molecule has 0 aliphatic heterocycles. The predicted molar refractivity (Wildman–Crippen MR) is 52.4 cm³/mol. The molecule has 2 unspecified atom stereocenters. The Morgan fingerprint density at radius 2 is 1.75 bits per heavy atom. The summed E-state index contributed by atoms with van der Waals surface area (Å²) in [6.07, 6.45) is 4.29. The molecule has 0 fully saturated rings. The molecule has 2 heteroatoms. The lowest BCUT2D eigenvalue weighted by molar-refractivity contribution is -0.158. The zero-order chi connectivity index (χ0) is 9.56. The van der Waals surface area contributed by atoms with Gasteiger partial charge in [0.2, 0.25) is 0 Å². The summed E-state index contributed by atoms with van der Waals surface area (Å²) in [6, 6.07) is 0.645. The van der Waals surface area contributed by atoms with Crippen molar-refractivity contribution in [3.63, 3.8) is 0 Å². The highest BCUT2D eigenvalue weighted by atomic mass is 16.5. The largest absolute Gasteiger partial charge is 0.313 e. The molecule has 1 N–H and O–H groups in total. The second-order valence-electron chi connectivity index (χ2n) is 3.49. The van der Waals surface area contributed by atoms with Crippen LogP contribution in [0, 0.1) is 0 Å². The van der Waals surface area contributed by atoms with Crippen LogP contribution >= 0.6 is 0 Å². The van der Waals surface area contributed by atoms with Crippen LogP contribution < -0.4 is 0 Å². The van der Waals surface area contributed by atoms with Gasteiger partial charge in [0.25, 0.3) is 0 Å². The molecule has 0 aromatic carbocycles. The first-order valence-electron chi connectivity index (χ1n) is 5.14. The number of hydrogen-bond acceptors (Lipinski definition) is 2. The van der Waals surface area contributed by atoms with Gasteiger partial charge in [-0.15, -0.1) is 0 Å². The molecule has 0 aliphatic rings. The standard InChI is InChI=1S/C10H23NO/c1-5-8-10(7-3)11(12)9(4)6-2/h9-10,12H,5-8H2,1-4H3. The van der Waals surface area contributed by atoms with Crippen molar-refractivity contribution in [2.24, 2.45) is 0 Å². The third-order valence-electron chi connectivity index (χ3n) is 2.51. The van der Waals surface area contributed by atoms with Gasteiger partial charge in [0, 0.05) is 12.1 Å². The predicted octanol–water partition coefficient (Wildman–Crippen LogP) is 3.05. The minimum atomic E-state index is 0.293. The van der Waals surface area contributed by atoms with E-state index in [0.717, 1.165) is 25.7 Å². The molecule has 0 radical (unpaired) electrons. The maximum atomic E-state index is 9.74. The van der Waals surface area contributed by atoms with E-state index in [1.54, 1.807) is 0 Å². The summed E-state index contributed by atoms with van der Waals surface area (Å²) < 4.78 is 0. The fraction of sp³-hybridized carbons (Fsp3) is 1.00. The van der Waals surface area contributed by atoms with Gasteiger partial charge in [-0.3, -0.25) is 0 Å². The van der Waals surface area contributed by atoms with Crippen LogP contribution in [0.5, 0.6) is 0 Å². The molecular weight excluding hydrogens is 150 g/mol. The van der Waals surface area contributed by atoms with Crippen molar-refractivity contribution in [3.8, 4) is 0 Å². The Morgan fingerprint density at radius 1 is 1.17 bits per heavy atom. The average Bonchev–Trinajstić information content (AvgIpc) is 2.11. The number of rotatable bonds is 6. The lowest BCUT2D eigenvalue weighted by Gasteiger charge is -2.29. The lowest BCUT2D eigenvalue weighted by atomic mass is 10.1. The molecule has 0 saturated heterocycles. The van der Waals surface area contributed by atoms with Crippen LogP contribution in [-0.2, 0) is 0 Å². The molecule has 0 heterocycles. The van der Waals surface area contributed by atoms with Crippen LogP contribution in [0.4, 0.5) is 0 Å². The van der Waals surface area contributed by atoms with E-state index in [-0.39, 0.29) is 0 Å². The van der Waals surface area contributed by atoms with Crippen LogP contribution in [0.1, 0.15) is 53.4 Å². The highest BCUT2D eigenvalue weighted by Gasteiger charge is 2.17. The highest BCUT2D eigenvalue weighted by Crippen LogP contribution is 2.13. The molecule has 2 atom stereocenters. The van der Waals surface area contributed by atoms with Crippen molar-refractivity contribution in [2.45, 2.75) is 65.5 Å². The van der Waals surface area contributed by atoms with Gasteiger partial charge >= 0.3 is 0 Å². The minimum absolute atomic E-state index is 0.293. The second kappa shape index (κ2) is 6.44. The van der Waals surface area contributed by atoms with Gasteiger partial charge in [-0.1, -0.05) is 27.2 Å². The van der Waals surface area contributed by atoms with Crippen molar-refractivity contribution in [3.05, 3.63) is 0 Å². The summed E-state index contributed by atoms with van der Waals surface area (Å²) in [4.78, 5) is 0. The molecule has 0 rings (SSSR count). The first kappa shape index (κ1) is 11.9. The lowest BCUT2D eigenvalue weighted by Crippen LogP contribution is -2.38. The molecule has 12 heavy (non-hydrogen) atoms. The first-order chi connectivity index (χ1) is 5.67. The van der Waals surface area contributed by atoms with E-state index in [0.29, 0.717) is 12.1 Å². The topological polar surface area (TPSA) is 23.5 Å². The SMILES string of the molecule is CCCC(CC)N(O)C(C)CC. The molecule has 0 saturated carbocycles. The summed E-state index contributed by atoms with van der Waals surface area (Å²) in [5.41, 5.74) is 0. The Kier molecular flexibility index (Phi) is 6.39. The number of nitrogens with zero attached hydrogens (tertiary/aromatic N) is 1. The van der Waals surface area contributed by atoms with Crippen LogP contribution in [0.25, 0.3) is 0 Å². The maximum absolute atomic E-state index is 9.74. The maximum Gasteiger partial charge on any atom is 0.0350 e. The Morgan fingerprint density at radius 3 is 2.08 bits per heavy atom. The van der Waals surface area contributed by atoms with Crippen molar-refractivity contribution >= 4 is 0 Å². The number of hydroxylamine groups is 2. The molecular formula is C10H23NO. The van der Waals surface area contributed by atoms with E-state index in [9.17, 15) is 5.21 Å². The van der Waals surface area contributed by atoms with E-state index >= 15 is 0 Å². The van der Waals surface area contributed by atoms with E-state index in [1.807, 2.05) is 0 Å². The summed E-state index contributed by atoms with van der Waals surface area (Å²) in [5, 5.41) is 11.3. The zero-order valence-corrected chi connectivity index (χ0v) is 8.88. The summed E-state index contributed by atoms with van der Waals surface area (Å²) in [6.45, 7) is 8.46. The van der Waals surface area contributed by atoms with Gasteiger partial charge in [-0.05, 0) is 26.2 Å². The van der Waals surface area contributed by atoms with Crippen LogP contribution in [-0.4, -0.2) is 22.4 Å². The molecule has 0 spiro atoms. The van der Waals surface area contributed by atoms with Crippen molar-refractivity contribution in [1.82, 2.24) is 5.06 Å². The van der Waals surface area contributed by atoms with Crippen LogP contribution in [0.15, 0.2) is 0 Å². The molecule has 2 nitrogen and oxygen atoms in total. The summed E-state index contributed by atoms with van der Waals surface area (Å²) >= 11 is 0. The van der Waals surface area contributed by atoms with Crippen molar-refractivity contribution < 1.29 is 5.21 Å². The van der Waals surface area contributed by atoms with Gasteiger partial charge in [-0.2, -0.15) is 5.06 Å². The molecule has 0 aromatic rings. The molecule has 0 bridgehead atoms. The van der Waals surface area contributed by atoms with Crippen molar-refractivity contribution in [2.75, 3.05) is 0 Å². The Balaban J connectivity index is 3.91. The number of hydrogen-bond donors (Lipinski definition) is 1. The molecule has 0 aromatic heterocycles. The molecule has 74 valence electrons. The third kappa shape index (κ3) is 3.55.